The molecule has 0 spiro atoms. The van der Waals surface area contributed by atoms with Crippen LogP contribution < -0.4 is 0 Å². The van der Waals surface area contributed by atoms with Gasteiger partial charge in [-0.15, -0.1) is 0 Å². The van der Waals surface area contributed by atoms with Gasteiger partial charge in [0.2, 0.25) is 0 Å². The van der Waals surface area contributed by atoms with Crippen molar-refractivity contribution in [2.75, 3.05) is 0 Å². The first-order valence-electron chi connectivity index (χ1n) is 3.50. The largest absolute Gasteiger partial charge is 0.244 e. The van der Waals surface area contributed by atoms with Gasteiger partial charge in [-0.05, 0) is 19.3 Å². The highest BCUT2D eigenvalue weighted by atomic mass is 19.2. The van der Waals surface area contributed by atoms with E-state index in [0.29, 0.717) is 12.8 Å². The molecule has 0 aromatic rings. The van der Waals surface area contributed by atoms with Crippen molar-refractivity contribution >= 4 is 0 Å². The maximum atomic E-state index is 12.9. The van der Waals surface area contributed by atoms with Crippen LogP contribution in [0.4, 0.5) is 8.78 Å². The molecule has 0 unspecified atom stereocenters. The lowest BCUT2D eigenvalue weighted by molar-refractivity contribution is -0.128. The zero-order valence-electron chi connectivity index (χ0n) is 5.29. The molecule has 3 aliphatic rings. The first kappa shape index (κ1) is 5.63. The molecular formula is C7H10F2. The van der Waals surface area contributed by atoms with Gasteiger partial charge < -0.3 is 0 Å². The molecule has 0 saturated heterocycles. The van der Waals surface area contributed by atoms with E-state index in [1.165, 1.54) is 0 Å². The zero-order valence-corrected chi connectivity index (χ0v) is 5.29. The molecular weight excluding hydrogens is 122 g/mol. The first-order valence-corrected chi connectivity index (χ1v) is 3.50. The predicted molar refractivity (Wildman–Crippen MR) is 30.8 cm³/mol. The summed E-state index contributed by atoms with van der Waals surface area (Å²) in [5.74, 6) is 0. The van der Waals surface area contributed by atoms with Crippen molar-refractivity contribution in [3.05, 3.63) is 0 Å². The van der Waals surface area contributed by atoms with Gasteiger partial charge >= 0.3 is 0 Å². The summed E-state index contributed by atoms with van der Waals surface area (Å²) >= 11 is 0. The van der Waals surface area contributed by atoms with Gasteiger partial charge in [-0.3, -0.25) is 0 Å². The highest BCUT2D eigenvalue weighted by molar-refractivity contribution is 5.09. The van der Waals surface area contributed by atoms with Crippen molar-refractivity contribution in [1.82, 2.24) is 0 Å². The van der Waals surface area contributed by atoms with Crippen LogP contribution in [-0.4, -0.2) is 11.3 Å². The summed E-state index contributed by atoms with van der Waals surface area (Å²) in [5.41, 5.74) is -2.18. The molecule has 2 heteroatoms. The molecule has 0 amide bonds. The van der Waals surface area contributed by atoms with E-state index in [-0.39, 0.29) is 12.8 Å². The van der Waals surface area contributed by atoms with Crippen molar-refractivity contribution in [2.45, 2.75) is 43.4 Å². The van der Waals surface area contributed by atoms with E-state index < -0.39 is 11.3 Å². The Kier molecular flexibility index (Phi) is 0.814. The van der Waals surface area contributed by atoms with Crippen LogP contribution in [0.5, 0.6) is 0 Å². The van der Waals surface area contributed by atoms with Crippen LogP contribution in [-0.2, 0) is 0 Å². The summed E-state index contributed by atoms with van der Waals surface area (Å²) in [4.78, 5) is 0. The molecule has 3 rings (SSSR count). The third kappa shape index (κ3) is 0.684. The molecule has 3 aliphatic carbocycles. The van der Waals surface area contributed by atoms with E-state index in [4.69, 9.17) is 0 Å². The monoisotopic (exact) mass is 132 g/mol. The predicted octanol–water partition coefficient (Wildman–Crippen LogP) is 2.38. The van der Waals surface area contributed by atoms with Crippen molar-refractivity contribution in [1.29, 1.82) is 0 Å². The van der Waals surface area contributed by atoms with Crippen molar-refractivity contribution in [2.24, 2.45) is 0 Å². The summed E-state index contributed by atoms with van der Waals surface area (Å²) < 4.78 is 25.9. The standard InChI is InChI=1S/C7H10F2/c8-6-2-1-3-7(9,4-6)5-6/h1-5H2. The van der Waals surface area contributed by atoms with E-state index in [9.17, 15) is 8.78 Å². The minimum atomic E-state index is -1.09. The van der Waals surface area contributed by atoms with Gasteiger partial charge in [0.15, 0.2) is 0 Å². The molecule has 3 fully saturated rings. The van der Waals surface area contributed by atoms with Crippen molar-refractivity contribution in [3.8, 4) is 0 Å². The van der Waals surface area contributed by atoms with Crippen LogP contribution in [0.25, 0.3) is 0 Å². The summed E-state index contributed by atoms with van der Waals surface area (Å²) in [6, 6.07) is 0. The summed E-state index contributed by atoms with van der Waals surface area (Å²) in [6.45, 7) is 0. The fraction of sp³-hybridized carbons (Fsp3) is 1.00. The Hall–Kier alpha value is -0.140. The number of halogens is 2. The minimum absolute atomic E-state index is 0.181. The van der Waals surface area contributed by atoms with Gasteiger partial charge in [0, 0.05) is 12.8 Å². The minimum Gasteiger partial charge on any atom is -0.244 e. The number of hydrogen-bond donors (Lipinski definition) is 0. The maximum Gasteiger partial charge on any atom is 0.117 e. The second-order valence-electron chi connectivity index (χ2n) is 3.51. The van der Waals surface area contributed by atoms with E-state index in [1.807, 2.05) is 0 Å². The average molecular weight is 132 g/mol. The number of hydrogen-bond acceptors (Lipinski definition) is 0. The van der Waals surface area contributed by atoms with Gasteiger partial charge in [0.05, 0.1) is 0 Å². The SMILES string of the molecule is FC12CCCC(F)(C1)C2. The van der Waals surface area contributed by atoms with Gasteiger partial charge in [0.25, 0.3) is 0 Å². The number of fused-ring (bicyclic) bond motifs is 2. The summed E-state index contributed by atoms with van der Waals surface area (Å²) in [7, 11) is 0. The second-order valence-corrected chi connectivity index (χ2v) is 3.51. The number of alkyl halides is 2. The number of rotatable bonds is 0. The Morgan fingerprint density at radius 1 is 0.889 bits per heavy atom. The van der Waals surface area contributed by atoms with Gasteiger partial charge in [-0.25, -0.2) is 8.78 Å². The van der Waals surface area contributed by atoms with Crippen LogP contribution in [0.2, 0.25) is 0 Å². The molecule has 9 heavy (non-hydrogen) atoms. The molecule has 0 N–H and O–H groups in total. The van der Waals surface area contributed by atoms with E-state index >= 15 is 0 Å². The Morgan fingerprint density at radius 3 is 1.56 bits per heavy atom. The summed E-state index contributed by atoms with van der Waals surface area (Å²) in [5, 5.41) is 0. The fourth-order valence-electron chi connectivity index (χ4n) is 2.16. The van der Waals surface area contributed by atoms with Gasteiger partial charge in [-0.1, -0.05) is 0 Å². The van der Waals surface area contributed by atoms with Gasteiger partial charge in [0.1, 0.15) is 11.3 Å². The quantitative estimate of drug-likeness (QED) is 0.474. The third-order valence-electron chi connectivity index (χ3n) is 2.52. The van der Waals surface area contributed by atoms with E-state index in [2.05, 4.69) is 0 Å². The van der Waals surface area contributed by atoms with Crippen molar-refractivity contribution in [3.63, 3.8) is 0 Å². The molecule has 2 bridgehead atoms. The lowest BCUT2D eigenvalue weighted by Crippen LogP contribution is -2.54. The Morgan fingerprint density at radius 2 is 1.33 bits per heavy atom. The molecule has 0 atom stereocenters. The highest BCUT2D eigenvalue weighted by Crippen LogP contribution is 2.56. The molecule has 0 nitrogen and oxygen atoms in total. The third-order valence-corrected chi connectivity index (χ3v) is 2.52. The Bertz CT molecular complexity index is 122. The summed E-state index contributed by atoms with van der Waals surface area (Å²) in [6.07, 6.45) is 2.30. The smallest absolute Gasteiger partial charge is 0.117 e. The van der Waals surface area contributed by atoms with Crippen LogP contribution in [0.15, 0.2) is 0 Å². The Labute approximate surface area is 53.2 Å². The Balaban J connectivity index is 2.12. The normalized spacial score (nSPS) is 56.7. The molecule has 0 aromatic carbocycles. The maximum absolute atomic E-state index is 12.9. The first-order chi connectivity index (χ1) is 4.12. The molecule has 0 radical (unpaired) electrons. The lowest BCUT2D eigenvalue weighted by Gasteiger charge is -2.51. The van der Waals surface area contributed by atoms with Crippen LogP contribution in [0, 0.1) is 0 Å². The molecule has 52 valence electrons. The van der Waals surface area contributed by atoms with Crippen LogP contribution in [0.3, 0.4) is 0 Å². The van der Waals surface area contributed by atoms with E-state index in [1.54, 1.807) is 0 Å². The topological polar surface area (TPSA) is 0 Å². The van der Waals surface area contributed by atoms with Crippen LogP contribution in [0.1, 0.15) is 32.1 Å². The van der Waals surface area contributed by atoms with Gasteiger partial charge in [-0.2, -0.15) is 0 Å². The van der Waals surface area contributed by atoms with E-state index in [0.717, 1.165) is 6.42 Å². The average Bonchev–Trinajstić information content (AvgIpc) is 1.59. The van der Waals surface area contributed by atoms with Crippen LogP contribution >= 0.6 is 0 Å². The zero-order chi connectivity index (χ0) is 6.54. The molecule has 0 aromatic heterocycles. The molecule has 0 heterocycles. The molecule has 0 aliphatic heterocycles. The lowest BCUT2D eigenvalue weighted by atomic mass is 9.61. The fourth-order valence-corrected chi connectivity index (χ4v) is 2.16. The highest BCUT2D eigenvalue weighted by Gasteiger charge is 2.58. The molecule has 3 saturated carbocycles. The van der Waals surface area contributed by atoms with Crippen molar-refractivity contribution < 1.29 is 8.78 Å². The second kappa shape index (κ2) is 1.30.